The second-order valence-corrected chi connectivity index (χ2v) is 43.1. The van der Waals surface area contributed by atoms with Crippen LogP contribution in [-0.2, 0) is 6.42 Å². The smallest absolute Gasteiger partial charge is 0.0105 e. The van der Waals surface area contributed by atoms with Gasteiger partial charge in [0.15, 0.2) is 0 Å². The van der Waals surface area contributed by atoms with Crippen molar-refractivity contribution in [1.29, 1.82) is 0 Å². The Labute approximate surface area is 838 Å². The van der Waals surface area contributed by atoms with Crippen molar-refractivity contribution in [2.75, 3.05) is 168 Å². The van der Waals surface area contributed by atoms with Crippen LogP contribution < -0.4 is 0 Å². The molecule has 7 heterocycles. The average molecular weight is 1870 g/mol. The maximum absolute atomic E-state index is 2.63. The number of hydrogen-bond donors (Lipinski definition) is 0. The third-order valence-corrected chi connectivity index (χ3v) is 31.3. The van der Waals surface area contributed by atoms with Gasteiger partial charge in [-0.25, -0.2) is 0 Å². The zero-order valence-corrected chi connectivity index (χ0v) is 101. The highest BCUT2D eigenvalue weighted by atomic mass is 15.3. The minimum atomic E-state index is 0.642. The summed E-state index contributed by atoms with van der Waals surface area (Å²) in [7, 11) is 18.0. The van der Waals surface area contributed by atoms with E-state index in [2.05, 4.69) is 284 Å². The zero-order chi connectivity index (χ0) is 103. The summed E-state index contributed by atoms with van der Waals surface area (Å²) in [5, 5.41) is 0. The van der Waals surface area contributed by atoms with Gasteiger partial charge in [-0.15, -0.1) is 0 Å². The molecule has 1 aromatic carbocycles. The molecule has 3 spiro atoms. The fraction of sp³-hybridized carbons (Fsp3) is 0.950. The average Bonchev–Trinajstić information content (AvgIpc) is 1.02. The zero-order valence-electron chi connectivity index (χ0n) is 101. The van der Waals surface area contributed by atoms with Gasteiger partial charge in [-0.3, -0.25) is 4.90 Å². The lowest BCUT2D eigenvalue weighted by molar-refractivity contribution is -0.0586. The molecule has 12 nitrogen and oxygen atoms in total. The monoisotopic (exact) mass is 1870 g/mol. The Hall–Kier alpha value is -1.26. The van der Waals surface area contributed by atoms with Gasteiger partial charge in [-0.05, 0) is 445 Å². The Morgan fingerprint density at radius 3 is 0.977 bits per heavy atom. The van der Waals surface area contributed by atoms with Crippen molar-refractivity contribution in [2.45, 2.75) is 536 Å². The molecule has 12 fully saturated rings. The molecule has 0 atom stereocenters. The lowest BCUT2D eigenvalue weighted by atomic mass is 9.60. The second-order valence-electron chi connectivity index (χ2n) is 43.1. The number of benzene rings is 1. The van der Waals surface area contributed by atoms with Gasteiger partial charge in [-0.1, -0.05) is 228 Å². The molecule has 13 rings (SSSR count). The lowest BCUT2D eigenvalue weighted by Crippen LogP contribution is -2.61. The molecule has 132 heavy (non-hydrogen) atoms. The van der Waals surface area contributed by atoms with E-state index in [0.29, 0.717) is 41.7 Å². The highest BCUT2D eigenvalue weighted by Gasteiger charge is 2.48. The molecular formula is C120H258N12. The van der Waals surface area contributed by atoms with Gasteiger partial charge in [0, 0.05) is 112 Å². The van der Waals surface area contributed by atoms with E-state index in [4.69, 9.17) is 0 Å². The van der Waals surface area contributed by atoms with Crippen LogP contribution in [0.2, 0.25) is 0 Å². The third kappa shape index (κ3) is 60.9. The SMILES string of the molecule is CC.CC.CC.CC.CC.CC.CC.CC.CC.CC.CC(C)N(C)C1CC2(CCN(C)CC2)C1.CC(C)N(C)CC12CCN(CC1)C2.CC(C)N(C)CC1CCCCC1.CC(C)N(C)CCc1ccccc1.CC(C)N1CC2(CCN(C)CC2)C1.CC(C)N1CCC2(CCC2)CC1.CC(C)N1CCCCC1.CC1CCC(CN(C)C(C)C)CC1.CC1CCC(N(C)C(C)C)CC1. The van der Waals surface area contributed by atoms with E-state index in [-0.39, 0.29) is 0 Å². The van der Waals surface area contributed by atoms with Gasteiger partial charge >= 0.3 is 0 Å². The molecule has 798 valence electrons. The number of piperidine rings is 5. The summed E-state index contributed by atoms with van der Waals surface area (Å²) in [6, 6.07) is 18.8. The van der Waals surface area contributed by atoms with Gasteiger partial charge in [0.2, 0.25) is 0 Å². The minimum Gasteiger partial charge on any atom is -0.306 e. The Bertz CT molecular complexity index is 2450. The minimum absolute atomic E-state index is 0.642. The first kappa shape index (κ1) is 141. The second kappa shape index (κ2) is 85.3. The summed E-state index contributed by atoms with van der Waals surface area (Å²) in [4.78, 5) is 30.3. The molecular weight excluding hydrogens is 1610 g/mol. The van der Waals surface area contributed by atoms with Gasteiger partial charge < -0.3 is 53.9 Å². The van der Waals surface area contributed by atoms with E-state index < -0.39 is 0 Å². The van der Waals surface area contributed by atoms with Crippen molar-refractivity contribution in [3.8, 4) is 0 Å². The highest BCUT2D eigenvalue weighted by Crippen LogP contribution is 2.52. The van der Waals surface area contributed by atoms with Crippen LogP contribution in [0.3, 0.4) is 0 Å². The van der Waals surface area contributed by atoms with Crippen molar-refractivity contribution < 1.29 is 0 Å². The van der Waals surface area contributed by atoms with E-state index in [1.807, 2.05) is 138 Å². The molecule has 0 radical (unpaired) electrons. The Kier molecular flexibility index (Phi) is 91.4. The van der Waals surface area contributed by atoms with Crippen LogP contribution in [0, 0.1) is 45.3 Å². The van der Waals surface area contributed by atoms with Crippen LogP contribution in [-0.4, -0.2) is 293 Å². The molecule has 0 unspecified atom stereocenters. The quantitative estimate of drug-likeness (QED) is 0.125. The van der Waals surface area contributed by atoms with E-state index in [1.54, 1.807) is 0 Å². The Morgan fingerprint density at radius 1 is 0.303 bits per heavy atom. The maximum Gasteiger partial charge on any atom is 0.0105 e. The van der Waals surface area contributed by atoms with E-state index in [1.165, 1.54) is 296 Å². The van der Waals surface area contributed by atoms with Crippen LogP contribution in [0.5, 0.6) is 0 Å². The van der Waals surface area contributed by atoms with Crippen LogP contribution in [0.25, 0.3) is 0 Å². The van der Waals surface area contributed by atoms with Crippen molar-refractivity contribution >= 4 is 0 Å². The normalized spacial score (nSPS) is 23.3. The van der Waals surface area contributed by atoms with Gasteiger partial charge in [-0.2, -0.15) is 0 Å². The van der Waals surface area contributed by atoms with Crippen LogP contribution in [0.1, 0.15) is 469 Å². The number of likely N-dealkylation sites (N-methyl/N-ethyl adjacent to an activating group) is 1. The first-order valence-corrected chi connectivity index (χ1v) is 58.5. The summed E-state index contributed by atoms with van der Waals surface area (Å²) in [6.07, 6.45) is 43.3. The molecule has 0 aromatic heterocycles. The Balaban J connectivity index is -0.000000330. The number of nitrogens with zero attached hydrogens (tertiary/aromatic N) is 12. The molecule has 12 heteroatoms. The lowest BCUT2D eigenvalue weighted by Gasteiger charge is -2.55. The van der Waals surface area contributed by atoms with E-state index in [0.717, 1.165) is 83.1 Å². The van der Waals surface area contributed by atoms with Crippen molar-refractivity contribution in [3.05, 3.63) is 35.9 Å². The topological polar surface area (TPSA) is 38.9 Å². The number of hydrogen-bond acceptors (Lipinski definition) is 12. The molecule has 7 saturated heterocycles. The van der Waals surface area contributed by atoms with Gasteiger partial charge in [0.25, 0.3) is 0 Å². The van der Waals surface area contributed by atoms with Gasteiger partial charge in [0.05, 0.1) is 0 Å². The maximum atomic E-state index is 2.63. The first-order valence-electron chi connectivity index (χ1n) is 58.5. The number of fused-ring (bicyclic) bond motifs is 2. The summed E-state index contributed by atoms with van der Waals surface area (Å²) >= 11 is 0. The molecule has 7 aliphatic heterocycles. The predicted molar refractivity (Wildman–Crippen MR) is 609 cm³/mol. The van der Waals surface area contributed by atoms with Crippen LogP contribution in [0.4, 0.5) is 0 Å². The summed E-state index contributed by atoms with van der Waals surface area (Å²) in [5.74, 6) is 3.93. The van der Waals surface area contributed by atoms with Crippen LogP contribution in [0.15, 0.2) is 30.3 Å². The molecule has 5 saturated carbocycles. The van der Waals surface area contributed by atoms with Crippen molar-refractivity contribution in [1.82, 2.24) is 58.8 Å². The number of rotatable bonds is 20. The fourth-order valence-corrected chi connectivity index (χ4v) is 20.0. The van der Waals surface area contributed by atoms with Crippen molar-refractivity contribution in [3.63, 3.8) is 0 Å². The predicted octanol–water partition coefficient (Wildman–Crippen LogP) is 31.4. The molecule has 1 aromatic rings. The first-order chi connectivity index (χ1) is 62.9. The molecule has 12 aliphatic rings. The highest BCUT2D eigenvalue weighted by molar-refractivity contribution is 5.15. The summed E-state index contributed by atoms with van der Waals surface area (Å²) in [6.45, 7) is 108. The molecule has 2 bridgehead atoms. The van der Waals surface area contributed by atoms with Gasteiger partial charge in [0.1, 0.15) is 0 Å². The fourth-order valence-electron chi connectivity index (χ4n) is 20.0. The summed E-state index contributed by atoms with van der Waals surface area (Å²) < 4.78 is 0. The van der Waals surface area contributed by atoms with Crippen molar-refractivity contribution in [2.24, 2.45) is 45.3 Å². The third-order valence-electron chi connectivity index (χ3n) is 31.3. The largest absolute Gasteiger partial charge is 0.306 e. The Morgan fingerprint density at radius 2 is 0.644 bits per heavy atom. The molecule has 0 amide bonds. The molecule has 5 aliphatic carbocycles. The van der Waals surface area contributed by atoms with E-state index >= 15 is 0 Å². The summed E-state index contributed by atoms with van der Waals surface area (Å²) in [5.41, 5.74) is 4.37. The van der Waals surface area contributed by atoms with E-state index in [9.17, 15) is 0 Å². The van der Waals surface area contributed by atoms with Crippen LogP contribution >= 0.6 is 0 Å². The molecule has 0 N–H and O–H groups in total. The number of likely N-dealkylation sites (tertiary alicyclic amines) is 5. The standard InChI is InChI=1S/C13H26N2.C12H25N.C12H19N.2C11H22N2.C11H21N.2C11H23N.C8H17N.10C2H6/c1-11(2)15(4)12-9-13(10-12)5-7-14(3)8-6-13;1-10(2)13(4)9-12-7-5-11(3)6-8-12;1-11(2)13(3)10-9-12-7-5-4-6-8-12;1-10(2)12(3)8-11-4-6-13(9-11)7-5-11;1-10(2)13-8-11(9-13)4-6-12(3)7-5-11;1-10(2)12-8-6-11(7-9-12)4-3-5-11;1-9(2)12(4)11-7-5-10(3)6-8-11;1-10(2)12(3)9-11-7-5-4-6-8-11;1-8(2)9-6-4-3-5-7-9;10*1-2/h11-12H,5-10H2,1-4H3;10-12H,5-9H2,1-4H3;4-8,11H,9-10H2,1-3H3;2*10H,4-9H2,1-3H3;10H,3-9H2,1-2H3;9-11H,5-8H2,1-4H3;10-11H,4-9H2,1-3H3;8H,3-7H2,1-2H3;10*1-2H3.